The summed E-state index contributed by atoms with van der Waals surface area (Å²) in [5.41, 5.74) is 0.332. The van der Waals surface area contributed by atoms with Crippen LogP contribution >= 0.6 is 27.5 Å². The number of carboxylic acids is 1. The summed E-state index contributed by atoms with van der Waals surface area (Å²) in [5.74, 6) is -0.400. The molecule has 1 aromatic heterocycles. The van der Waals surface area contributed by atoms with E-state index in [0.717, 1.165) is 16.0 Å². The Morgan fingerprint density at radius 2 is 2.24 bits per heavy atom. The Labute approximate surface area is 109 Å². The number of carboxylic acid groups (broad SMARTS) is 1. The molecule has 0 bridgehead atoms. The van der Waals surface area contributed by atoms with Gasteiger partial charge in [0.25, 0.3) is 0 Å². The standard InChI is InChI=1S/C10H7BrN2O3S/c11-6-3-1-2-4-8(6)16-5-7-9(10(14)15)17-13-12-7/h1-4H,5H2,(H,14,15). The fourth-order valence-electron chi connectivity index (χ4n) is 1.17. The molecule has 7 heteroatoms. The Bertz CT molecular complexity index is 544. The van der Waals surface area contributed by atoms with Crippen LogP contribution in [0.5, 0.6) is 5.75 Å². The normalized spacial score (nSPS) is 10.2. The second-order valence-electron chi connectivity index (χ2n) is 3.07. The average molecular weight is 315 g/mol. The van der Waals surface area contributed by atoms with E-state index in [4.69, 9.17) is 9.84 Å². The maximum Gasteiger partial charge on any atom is 0.349 e. The first-order valence-electron chi connectivity index (χ1n) is 4.60. The Kier molecular flexibility index (Phi) is 3.70. The quantitative estimate of drug-likeness (QED) is 0.939. The van der Waals surface area contributed by atoms with Gasteiger partial charge in [-0.2, -0.15) is 0 Å². The number of nitrogens with zero attached hydrogens (tertiary/aromatic N) is 2. The zero-order valence-electron chi connectivity index (χ0n) is 8.46. The van der Waals surface area contributed by atoms with Crippen LogP contribution in [-0.4, -0.2) is 20.7 Å². The second kappa shape index (κ2) is 5.24. The first-order chi connectivity index (χ1) is 8.18. The molecular weight excluding hydrogens is 308 g/mol. The largest absolute Gasteiger partial charge is 0.486 e. The van der Waals surface area contributed by atoms with Crippen LogP contribution in [0.4, 0.5) is 0 Å². The highest BCUT2D eigenvalue weighted by Crippen LogP contribution is 2.25. The van der Waals surface area contributed by atoms with Crippen LogP contribution in [0.1, 0.15) is 15.4 Å². The van der Waals surface area contributed by atoms with E-state index in [-0.39, 0.29) is 11.5 Å². The average Bonchev–Trinajstić information content (AvgIpc) is 2.76. The number of halogens is 1. The van der Waals surface area contributed by atoms with Crippen molar-refractivity contribution in [1.82, 2.24) is 9.59 Å². The van der Waals surface area contributed by atoms with Crippen LogP contribution in [0.25, 0.3) is 0 Å². The zero-order chi connectivity index (χ0) is 12.3. The summed E-state index contributed by atoms with van der Waals surface area (Å²) in [6.07, 6.45) is 0. The Balaban J connectivity index is 2.10. The monoisotopic (exact) mass is 314 g/mol. The van der Waals surface area contributed by atoms with E-state index in [0.29, 0.717) is 11.4 Å². The molecule has 0 aliphatic rings. The number of hydrogen-bond acceptors (Lipinski definition) is 5. The summed E-state index contributed by atoms with van der Waals surface area (Å²) in [5, 5.41) is 12.6. The molecule has 2 rings (SSSR count). The lowest BCUT2D eigenvalue weighted by Gasteiger charge is -2.05. The molecule has 0 radical (unpaired) electrons. The van der Waals surface area contributed by atoms with Gasteiger partial charge in [-0.15, -0.1) is 5.10 Å². The molecular formula is C10H7BrN2O3S. The topological polar surface area (TPSA) is 72.3 Å². The molecule has 0 aliphatic carbocycles. The molecule has 0 unspecified atom stereocenters. The smallest absolute Gasteiger partial charge is 0.349 e. The highest BCUT2D eigenvalue weighted by atomic mass is 79.9. The molecule has 5 nitrogen and oxygen atoms in total. The van der Waals surface area contributed by atoms with Gasteiger partial charge in [0.05, 0.1) is 4.47 Å². The van der Waals surface area contributed by atoms with E-state index < -0.39 is 5.97 Å². The van der Waals surface area contributed by atoms with Gasteiger partial charge in [0.15, 0.2) is 4.88 Å². The number of carbonyl (C=O) groups is 1. The highest BCUT2D eigenvalue weighted by molar-refractivity contribution is 9.10. The van der Waals surface area contributed by atoms with Gasteiger partial charge < -0.3 is 9.84 Å². The van der Waals surface area contributed by atoms with Crippen molar-refractivity contribution in [3.05, 3.63) is 39.3 Å². The number of rotatable bonds is 4. The van der Waals surface area contributed by atoms with Crippen LogP contribution in [0.3, 0.4) is 0 Å². The molecule has 0 spiro atoms. The lowest BCUT2D eigenvalue weighted by atomic mass is 10.3. The molecule has 0 saturated heterocycles. The van der Waals surface area contributed by atoms with Crippen LogP contribution in [0, 0.1) is 0 Å². The fourth-order valence-corrected chi connectivity index (χ4v) is 2.08. The first kappa shape index (κ1) is 12.0. The van der Waals surface area contributed by atoms with Crippen molar-refractivity contribution in [3.8, 4) is 5.75 Å². The predicted molar refractivity (Wildman–Crippen MR) is 65.3 cm³/mol. The molecule has 0 fully saturated rings. The molecule has 1 heterocycles. The minimum Gasteiger partial charge on any atom is -0.486 e. The van der Waals surface area contributed by atoms with Crippen molar-refractivity contribution in [1.29, 1.82) is 0 Å². The predicted octanol–water partition coefficient (Wildman–Crippen LogP) is 2.58. The maximum atomic E-state index is 10.8. The van der Waals surface area contributed by atoms with Gasteiger partial charge in [0, 0.05) is 0 Å². The van der Waals surface area contributed by atoms with Crippen molar-refractivity contribution < 1.29 is 14.6 Å². The zero-order valence-corrected chi connectivity index (χ0v) is 10.9. The van der Waals surface area contributed by atoms with Gasteiger partial charge in [-0.05, 0) is 39.6 Å². The number of para-hydroxylation sites is 1. The van der Waals surface area contributed by atoms with Gasteiger partial charge in [-0.25, -0.2) is 4.79 Å². The summed E-state index contributed by atoms with van der Waals surface area (Å²) in [6, 6.07) is 7.32. The van der Waals surface area contributed by atoms with E-state index in [1.54, 1.807) is 6.07 Å². The van der Waals surface area contributed by atoms with Crippen molar-refractivity contribution in [2.45, 2.75) is 6.61 Å². The lowest BCUT2D eigenvalue weighted by molar-refractivity contribution is 0.0699. The van der Waals surface area contributed by atoms with Crippen LogP contribution < -0.4 is 4.74 Å². The number of aromatic nitrogens is 2. The molecule has 1 N–H and O–H groups in total. The number of ether oxygens (including phenoxy) is 1. The number of aromatic carboxylic acids is 1. The molecule has 0 aliphatic heterocycles. The molecule has 17 heavy (non-hydrogen) atoms. The SMILES string of the molecule is O=C(O)c1snnc1COc1ccccc1Br. The third kappa shape index (κ3) is 2.80. The van der Waals surface area contributed by atoms with Crippen molar-refractivity contribution in [2.24, 2.45) is 0 Å². The minimum absolute atomic E-state index is 0.0841. The molecule has 88 valence electrons. The van der Waals surface area contributed by atoms with Gasteiger partial charge in [-0.1, -0.05) is 16.6 Å². The van der Waals surface area contributed by atoms with E-state index in [1.165, 1.54) is 0 Å². The van der Waals surface area contributed by atoms with Gasteiger partial charge in [-0.3, -0.25) is 0 Å². The maximum absolute atomic E-state index is 10.8. The first-order valence-corrected chi connectivity index (χ1v) is 6.17. The fraction of sp³-hybridized carbons (Fsp3) is 0.100. The Morgan fingerprint density at radius 3 is 2.94 bits per heavy atom. The summed E-state index contributed by atoms with van der Waals surface area (Å²) in [4.78, 5) is 10.9. The van der Waals surface area contributed by atoms with Crippen molar-refractivity contribution in [2.75, 3.05) is 0 Å². The highest BCUT2D eigenvalue weighted by Gasteiger charge is 2.15. The lowest BCUT2D eigenvalue weighted by Crippen LogP contribution is -2.03. The van der Waals surface area contributed by atoms with Crippen LogP contribution in [-0.2, 0) is 6.61 Å². The minimum atomic E-state index is -1.04. The molecule has 0 amide bonds. The summed E-state index contributed by atoms with van der Waals surface area (Å²) < 4.78 is 9.87. The van der Waals surface area contributed by atoms with Gasteiger partial charge in [0.1, 0.15) is 18.1 Å². The molecule has 0 atom stereocenters. The molecule has 1 aromatic carbocycles. The number of benzene rings is 1. The van der Waals surface area contributed by atoms with Crippen molar-refractivity contribution >= 4 is 33.4 Å². The van der Waals surface area contributed by atoms with E-state index in [2.05, 4.69) is 25.5 Å². The van der Waals surface area contributed by atoms with E-state index in [1.807, 2.05) is 18.2 Å². The molecule has 2 aromatic rings. The summed E-state index contributed by atoms with van der Waals surface area (Å²) in [7, 11) is 0. The number of hydrogen-bond donors (Lipinski definition) is 1. The summed E-state index contributed by atoms with van der Waals surface area (Å²) >= 11 is 4.18. The van der Waals surface area contributed by atoms with Crippen LogP contribution in [0.15, 0.2) is 28.7 Å². The second-order valence-corrected chi connectivity index (χ2v) is 4.68. The van der Waals surface area contributed by atoms with Gasteiger partial charge >= 0.3 is 5.97 Å². The summed E-state index contributed by atoms with van der Waals surface area (Å²) in [6.45, 7) is 0.0841. The van der Waals surface area contributed by atoms with Gasteiger partial charge in [0.2, 0.25) is 0 Å². The Morgan fingerprint density at radius 1 is 1.47 bits per heavy atom. The Hall–Kier alpha value is -1.47. The van der Waals surface area contributed by atoms with Crippen LogP contribution in [0.2, 0.25) is 0 Å². The van der Waals surface area contributed by atoms with Crippen molar-refractivity contribution in [3.63, 3.8) is 0 Å². The third-order valence-electron chi connectivity index (χ3n) is 1.95. The third-order valence-corrected chi connectivity index (χ3v) is 3.36. The van der Waals surface area contributed by atoms with E-state index >= 15 is 0 Å². The van der Waals surface area contributed by atoms with E-state index in [9.17, 15) is 4.79 Å². The molecule has 0 saturated carbocycles.